The van der Waals surface area contributed by atoms with Crippen molar-refractivity contribution in [3.05, 3.63) is 70.0 Å². The van der Waals surface area contributed by atoms with Crippen LogP contribution in [-0.4, -0.2) is 44.1 Å². The first-order valence-electron chi connectivity index (χ1n) is 10.0. The molecule has 0 bridgehead atoms. The lowest BCUT2D eigenvalue weighted by Crippen LogP contribution is -2.46. The molecule has 4 heterocycles. The molecule has 5 rings (SSSR count). The van der Waals surface area contributed by atoms with Crippen molar-refractivity contribution in [2.75, 3.05) is 18.0 Å². The zero-order chi connectivity index (χ0) is 20.7. The number of piperidine rings is 1. The number of nitrogens with one attached hydrogen (secondary N) is 1. The van der Waals surface area contributed by atoms with Crippen molar-refractivity contribution in [1.29, 1.82) is 0 Å². The van der Waals surface area contributed by atoms with Crippen molar-refractivity contribution in [3.8, 4) is 11.4 Å². The van der Waals surface area contributed by atoms with Crippen molar-refractivity contribution >= 4 is 11.8 Å². The number of carbonyl (C=O) groups is 1. The summed E-state index contributed by atoms with van der Waals surface area (Å²) in [6, 6.07) is 7.05. The summed E-state index contributed by atoms with van der Waals surface area (Å²) in [4.78, 5) is 42.4. The van der Waals surface area contributed by atoms with Gasteiger partial charge in [0.1, 0.15) is 11.6 Å². The number of hydrogen-bond donors (Lipinski definition) is 2. The van der Waals surface area contributed by atoms with Gasteiger partial charge in [-0.1, -0.05) is 0 Å². The molecule has 30 heavy (non-hydrogen) atoms. The van der Waals surface area contributed by atoms with Crippen LogP contribution < -0.4 is 10.5 Å². The highest BCUT2D eigenvalue weighted by Gasteiger charge is 2.45. The van der Waals surface area contributed by atoms with E-state index >= 15 is 0 Å². The molecule has 0 amide bonds. The molecule has 2 aliphatic rings. The van der Waals surface area contributed by atoms with Crippen LogP contribution >= 0.6 is 0 Å². The summed E-state index contributed by atoms with van der Waals surface area (Å²) in [6.45, 7) is 1.55. The summed E-state index contributed by atoms with van der Waals surface area (Å²) >= 11 is 0. The summed E-state index contributed by atoms with van der Waals surface area (Å²) in [5.74, 6) is 0.319. The smallest absolute Gasteiger partial charge is 0.337 e. The fourth-order valence-electron chi connectivity index (χ4n) is 4.71. The highest BCUT2D eigenvalue weighted by Crippen LogP contribution is 2.44. The zero-order valence-electron chi connectivity index (χ0n) is 16.3. The number of aromatic nitrogens is 4. The van der Waals surface area contributed by atoms with Gasteiger partial charge in [-0.15, -0.1) is 0 Å². The molecule has 152 valence electrons. The third-order valence-electron chi connectivity index (χ3n) is 6.20. The van der Waals surface area contributed by atoms with E-state index < -0.39 is 5.97 Å². The second-order valence-corrected chi connectivity index (χ2v) is 8.00. The van der Waals surface area contributed by atoms with Crippen LogP contribution in [0, 0.1) is 0 Å². The van der Waals surface area contributed by atoms with Crippen LogP contribution in [0.4, 0.5) is 5.82 Å². The summed E-state index contributed by atoms with van der Waals surface area (Å²) < 4.78 is 0. The summed E-state index contributed by atoms with van der Waals surface area (Å²) in [7, 11) is 0. The van der Waals surface area contributed by atoms with E-state index in [1.807, 2.05) is 12.1 Å². The van der Waals surface area contributed by atoms with E-state index in [9.17, 15) is 9.59 Å². The van der Waals surface area contributed by atoms with Crippen LogP contribution in [0.1, 0.15) is 40.9 Å². The zero-order valence-corrected chi connectivity index (χ0v) is 16.3. The normalized spacial score (nSPS) is 20.3. The van der Waals surface area contributed by atoms with Crippen LogP contribution in [0.3, 0.4) is 0 Å². The minimum absolute atomic E-state index is 0.0724. The first-order chi connectivity index (χ1) is 14.6. The molecule has 0 saturated carbocycles. The maximum absolute atomic E-state index is 12.8. The second kappa shape index (κ2) is 7.05. The van der Waals surface area contributed by atoms with Gasteiger partial charge in [0.05, 0.1) is 11.3 Å². The lowest BCUT2D eigenvalue weighted by atomic mass is 9.77. The van der Waals surface area contributed by atoms with E-state index in [4.69, 9.17) is 10.1 Å². The number of aromatic amines is 1. The lowest BCUT2D eigenvalue weighted by Gasteiger charge is -2.41. The Morgan fingerprint density at radius 1 is 1.20 bits per heavy atom. The molecule has 0 radical (unpaired) electrons. The van der Waals surface area contributed by atoms with E-state index in [1.54, 1.807) is 24.5 Å². The number of H-pyrrole nitrogens is 1. The van der Waals surface area contributed by atoms with E-state index in [0.29, 0.717) is 18.8 Å². The Labute approximate surface area is 172 Å². The molecule has 1 saturated heterocycles. The molecule has 0 aromatic carbocycles. The maximum atomic E-state index is 12.8. The Hall–Kier alpha value is -3.55. The van der Waals surface area contributed by atoms with Crippen molar-refractivity contribution in [2.45, 2.75) is 31.1 Å². The molecule has 3 aromatic rings. The van der Waals surface area contributed by atoms with E-state index in [2.05, 4.69) is 19.9 Å². The number of pyridine rings is 2. The van der Waals surface area contributed by atoms with Crippen molar-refractivity contribution < 1.29 is 9.90 Å². The molecule has 8 nitrogen and oxygen atoms in total. The fourth-order valence-corrected chi connectivity index (χ4v) is 4.71. The number of rotatable bonds is 3. The van der Waals surface area contributed by atoms with Crippen molar-refractivity contribution in [2.24, 2.45) is 0 Å². The molecular formula is C22H21N5O3. The Bertz CT molecular complexity index is 1160. The highest BCUT2D eigenvalue weighted by atomic mass is 16.4. The lowest BCUT2D eigenvalue weighted by molar-refractivity contribution is 0.0696. The topological polar surface area (TPSA) is 112 Å². The predicted molar refractivity (Wildman–Crippen MR) is 111 cm³/mol. The molecule has 8 heteroatoms. The standard InChI is InChI=1S/C22H21N5O3/c28-20-16-6-8-22(18(16)25-19(26-20)14-3-1-9-23-11-14)7-2-10-27(13-22)17-5-4-15(12-24-17)21(29)30/h1,3-5,9,11-12H,2,6-8,10,13H2,(H,29,30)(H,25,26,28). The first kappa shape index (κ1) is 18.5. The van der Waals surface area contributed by atoms with Crippen LogP contribution in [0.2, 0.25) is 0 Å². The van der Waals surface area contributed by atoms with Crippen molar-refractivity contribution in [1.82, 2.24) is 19.9 Å². The number of carboxylic acid groups (broad SMARTS) is 1. The van der Waals surface area contributed by atoms with Crippen molar-refractivity contribution in [3.63, 3.8) is 0 Å². The Morgan fingerprint density at radius 3 is 2.83 bits per heavy atom. The average molecular weight is 403 g/mol. The Kier molecular flexibility index (Phi) is 4.34. The monoisotopic (exact) mass is 403 g/mol. The van der Waals surface area contributed by atoms with Crippen LogP contribution in [0.5, 0.6) is 0 Å². The van der Waals surface area contributed by atoms with Gasteiger partial charge in [-0.3, -0.25) is 9.78 Å². The summed E-state index contributed by atoms with van der Waals surface area (Å²) in [6.07, 6.45) is 8.30. The number of hydrogen-bond acceptors (Lipinski definition) is 6. The number of carboxylic acids is 1. The number of anilines is 1. The van der Waals surface area contributed by atoms with Gasteiger partial charge in [0, 0.05) is 48.2 Å². The molecule has 1 unspecified atom stereocenters. The largest absolute Gasteiger partial charge is 0.478 e. The Balaban J connectivity index is 1.51. The van der Waals surface area contributed by atoms with Gasteiger partial charge in [-0.25, -0.2) is 14.8 Å². The molecule has 2 N–H and O–H groups in total. The van der Waals surface area contributed by atoms with Crippen LogP contribution in [-0.2, 0) is 11.8 Å². The van der Waals surface area contributed by atoms with Gasteiger partial charge < -0.3 is 15.0 Å². The highest BCUT2D eigenvalue weighted by molar-refractivity contribution is 5.87. The third kappa shape index (κ3) is 3.04. The SMILES string of the molecule is O=C(O)c1ccc(N2CCCC3(CCc4c3nc(-c3cccnc3)[nH]c4=O)C2)nc1. The number of aromatic carboxylic acids is 1. The van der Waals surface area contributed by atoms with Gasteiger partial charge >= 0.3 is 5.97 Å². The summed E-state index contributed by atoms with van der Waals surface area (Å²) in [5, 5.41) is 9.11. The van der Waals surface area contributed by atoms with Crippen LogP contribution in [0.25, 0.3) is 11.4 Å². The quantitative estimate of drug-likeness (QED) is 0.691. The van der Waals surface area contributed by atoms with Gasteiger partial charge in [-0.05, 0) is 49.9 Å². The molecule has 1 spiro atoms. The van der Waals surface area contributed by atoms with Gasteiger partial charge in [-0.2, -0.15) is 0 Å². The molecule has 1 atom stereocenters. The molecule has 1 fully saturated rings. The molecule has 1 aliphatic carbocycles. The molecule has 1 aliphatic heterocycles. The van der Waals surface area contributed by atoms with E-state index in [-0.39, 0.29) is 16.5 Å². The average Bonchev–Trinajstić information content (AvgIpc) is 3.12. The Morgan fingerprint density at radius 2 is 2.10 bits per heavy atom. The van der Waals surface area contributed by atoms with Gasteiger partial charge in [0.25, 0.3) is 5.56 Å². The van der Waals surface area contributed by atoms with E-state index in [1.165, 1.54) is 6.20 Å². The number of fused-ring (bicyclic) bond motifs is 2. The molecular weight excluding hydrogens is 382 g/mol. The van der Waals surface area contributed by atoms with Gasteiger partial charge in [0.2, 0.25) is 0 Å². The molecule has 3 aromatic heterocycles. The second-order valence-electron chi connectivity index (χ2n) is 8.00. The minimum Gasteiger partial charge on any atom is -0.478 e. The number of nitrogens with zero attached hydrogens (tertiary/aromatic N) is 4. The van der Waals surface area contributed by atoms with Gasteiger partial charge in [0.15, 0.2) is 0 Å². The third-order valence-corrected chi connectivity index (χ3v) is 6.20. The maximum Gasteiger partial charge on any atom is 0.337 e. The van der Waals surface area contributed by atoms with E-state index in [0.717, 1.165) is 48.4 Å². The van der Waals surface area contributed by atoms with Crippen LogP contribution in [0.15, 0.2) is 47.7 Å². The minimum atomic E-state index is -0.986. The first-order valence-corrected chi connectivity index (χ1v) is 10.0. The predicted octanol–water partition coefficient (Wildman–Crippen LogP) is 2.41. The fraction of sp³-hybridized carbons (Fsp3) is 0.318. The summed E-state index contributed by atoms with van der Waals surface area (Å²) in [5.41, 5.74) is 2.35.